The van der Waals surface area contributed by atoms with Gasteiger partial charge in [-0.05, 0) is 31.2 Å². The van der Waals surface area contributed by atoms with Crippen LogP contribution in [0.2, 0.25) is 0 Å². The maximum absolute atomic E-state index is 12.4. The first-order chi connectivity index (χ1) is 9.74. The molecule has 98 valence electrons. The average molecular weight is 263 g/mol. The van der Waals surface area contributed by atoms with Crippen molar-refractivity contribution in [2.45, 2.75) is 6.92 Å². The van der Waals surface area contributed by atoms with Gasteiger partial charge in [0, 0.05) is 17.3 Å². The Hall–Kier alpha value is -2.75. The molecule has 1 N–H and O–H groups in total. The van der Waals surface area contributed by atoms with E-state index in [-0.39, 0.29) is 5.91 Å². The van der Waals surface area contributed by atoms with Gasteiger partial charge in [-0.15, -0.1) is 0 Å². The van der Waals surface area contributed by atoms with Crippen LogP contribution >= 0.6 is 0 Å². The Balaban J connectivity index is 2.03. The molecule has 0 saturated carbocycles. The fourth-order valence-electron chi connectivity index (χ4n) is 2.13. The Morgan fingerprint density at radius 1 is 1.15 bits per heavy atom. The summed E-state index contributed by atoms with van der Waals surface area (Å²) in [5, 5.41) is 3.70. The van der Waals surface area contributed by atoms with Crippen molar-refractivity contribution < 1.29 is 4.79 Å². The summed E-state index contributed by atoms with van der Waals surface area (Å²) in [5.41, 5.74) is 2.94. The zero-order chi connectivity index (χ0) is 13.9. The van der Waals surface area contributed by atoms with Crippen molar-refractivity contribution in [3.05, 3.63) is 66.1 Å². The van der Waals surface area contributed by atoms with E-state index in [1.54, 1.807) is 30.6 Å². The van der Waals surface area contributed by atoms with E-state index >= 15 is 0 Å². The number of nitrogens with zero attached hydrogens (tertiary/aromatic N) is 2. The fourth-order valence-corrected chi connectivity index (χ4v) is 2.13. The summed E-state index contributed by atoms with van der Waals surface area (Å²) < 4.78 is 0. The number of carbonyl (C=O) groups is 1. The second-order valence-electron chi connectivity index (χ2n) is 4.52. The molecule has 0 atom stereocenters. The van der Waals surface area contributed by atoms with Crippen LogP contribution in [0.5, 0.6) is 0 Å². The number of carbonyl (C=O) groups excluding carboxylic acids is 1. The summed E-state index contributed by atoms with van der Waals surface area (Å²) in [7, 11) is 0. The minimum absolute atomic E-state index is 0.153. The van der Waals surface area contributed by atoms with Crippen LogP contribution in [0, 0.1) is 6.92 Å². The van der Waals surface area contributed by atoms with Gasteiger partial charge in [-0.3, -0.25) is 14.8 Å². The molecule has 2 aromatic heterocycles. The molecule has 20 heavy (non-hydrogen) atoms. The Kier molecular flexibility index (Phi) is 3.13. The van der Waals surface area contributed by atoms with Crippen LogP contribution in [0.1, 0.15) is 16.1 Å². The molecule has 0 radical (unpaired) electrons. The Labute approximate surface area is 116 Å². The maximum atomic E-state index is 12.4. The standard InChI is InChI=1S/C16H13N3O/c1-11-9-14(13-6-2-3-7-15(13)18-11)16(20)19-12-5-4-8-17-10-12/h2-10H,1H3,(H,19,20). The molecule has 1 amide bonds. The SMILES string of the molecule is Cc1cc(C(=O)Nc2cccnc2)c2ccccc2n1. The predicted molar refractivity (Wildman–Crippen MR) is 78.7 cm³/mol. The maximum Gasteiger partial charge on any atom is 0.256 e. The molecule has 0 bridgehead atoms. The first-order valence-electron chi connectivity index (χ1n) is 6.32. The molecule has 0 aliphatic rings. The molecule has 0 spiro atoms. The van der Waals surface area contributed by atoms with Crippen LogP contribution in [0.4, 0.5) is 5.69 Å². The number of aryl methyl sites for hydroxylation is 1. The smallest absolute Gasteiger partial charge is 0.256 e. The zero-order valence-corrected chi connectivity index (χ0v) is 11.0. The lowest BCUT2D eigenvalue weighted by Gasteiger charge is -2.08. The van der Waals surface area contributed by atoms with Gasteiger partial charge in [-0.25, -0.2) is 0 Å². The van der Waals surface area contributed by atoms with Crippen molar-refractivity contribution in [3.63, 3.8) is 0 Å². The predicted octanol–water partition coefficient (Wildman–Crippen LogP) is 3.19. The molecule has 3 aromatic rings. The third-order valence-corrected chi connectivity index (χ3v) is 3.01. The highest BCUT2D eigenvalue weighted by Gasteiger charge is 2.11. The summed E-state index contributed by atoms with van der Waals surface area (Å²) >= 11 is 0. The van der Waals surface area contributed by atoms with E-state index in [1.807, 2.05) is 31.2 Å². The average Bonchev–Trinajstić information content (AvgIpc) is 2.47. The topological polar surface area (TPSA) is 54.9 Å². The van der Waals surface area contributed by atoms with Crippen LogP contribution in [0.25, 0.3) is 10.9 Å². The minimum Gasteiger partial charge on any atom is -0.321 e. The van der Waals surface area contributed by atoms with Crippen LogP contribution in [0.15, 0.2) is 54.9 Å². The Morgan fingerprint density at radius 3 is 2.80 bits per heavy atom. The number of pyridine rings is 2. The van der Waals surface area contributed by atoms with Crippen molar-refractivity contribution in [1.82, 2.24) is 9.97 Å². The summed E-state index contributed by atoms with van der Waals surface area (Å²) in [5.74, 6) is -0.153. The first-order valence-corrected chi connectivity index (χ1v) is 6.32. The van der Waals surface area contributed by atoms with Crippen molar-refractivity contribution in [2.75, 3.05) is 5.32 Å². The van der Waals surface area contributed by atoms with Crippen molar-refractivity contribution in [3.8, 4) is 0 Å². The summed E-state index contributed by atoms with van der Waals surface area (Å²) in [6.45, 7) is 1.88. The van der Waals surface area contributed by atoms with Gasteiger partial charge in [-0.1, -0.05) is 18.2 Å². The number of hydrogen-bond acceptors (Lipinski definition) is 3. The summed E-state index contributed by atoms with van der Waals surface area (Å²) in [4.78, 5) is 20.8. The van der Waals surface area contributed by atoms with Crippen molar-refractivity contribution >= 4 is 22.5 Å². The molecule has 0 saturated heterocycles. The molecule has 4 heteroatoms. The van der Waals surface area contributed by atoms with Gasteiger partial charge in [0.1, 0.15) is 0 Å². The van der Waals surface area contributed by atoms with Gasteiger partial charge in [0.25, 0.3) is 5.91 Å². The molecule has 2 heterocycles. The summed E-state index contributed by atoms with van der Waals surface area (Å²) in [6.07, 6.45) is 3.29. The lowest BCUT2D eigenvalue weighted by molar-refractivity contribution is 0.102. The van der Waals surface area contributed by atoms with E-state index in [9.17, 15) is 4.79 Å². The molecule has 0 aliphatic heterocycles. The second-order valence-corrected chi connectivity index (χ2v) is 4.52. The van der Waals surface area contributed by atoms with Crippen LogP contribution in [0.3, 0.4) is 0 Å². The number of anilines is 1. The van der Waals surface area contributed by atoms with Gasteiger partial charge in [0.05, 0.1) is 23.0 Å². The molecule has 1 aromatic carbocycles. The Bertz CT molecular complexity index is 769. The van der Waals surface area contributed by atoms with Crippen molar-refractivity contribution in [1.29, 1.82) is 0 Å². The number of rotatable bonds is 2. The fraction of sp³-hybridized carbons (Fsp3) is 0.0625. The molecule has 0 fully saturated rings. The van der Waals surface area contributed by atoms with Gasteiger partial charge < -0.3 is 5.32 Å². The van der Waals surface area contributed by atoms with Gasteiger partial charge in [0.2, 0.25) is 0 Å². The second kappa shape index (κ2) is 5.09. The molecule has 0 unspecified atom stereocenters. The number of amides is 1. The monoisotopic (exact) mass is 263 g/mol. The highest BCUT2D eigenvalue weighted by atomic mass is 16.1. The third kappa shape index (κ3) is 2.36. The zero-order valence-electron chi connectivity index (χ0n) is 11.0. The van der Waals surface area contributed by atoms with E-state index in [2.05, 4.69) is 15.3 Å². The lowest BCUT2D eigenvalue weighted by Crippen LogP contribution is -2.13. The number of benzene rings is 1. The molecular weight excluding hydrogens is 250 g/mol. The first kappa shape index (κ1) is 12.3. The number of nitrogens with one attached hydrogen (secondary N) is 1. The van der Waals surface area contributed by atoms with E-state index in [1.165, 1.54) is 0 Å². The van der Waals surface area contributed by atoms with Crippen LogP contribution in [-0.2, 0) is 0 Å². The quantitative estimate of drug-likeness (QED) is 0.772. The molecule has 4 nitrogen and oxygen atoms in total. The molecule has 0 aliphatic carbocycles. The minimum atomic E-state index is -0.153. The molecular formula is C16H13N3O. The largest absolute Gasteiger partial charge is 0.321 e. The van der Waals surface area contributed by atoms with Gasteiger partial charge >= 0.3 is 0 Å². The number of para-hydroxylation sites is 1. The lowest BCUT2D eigenvalue weighted by atomic mass is 10.1. The van der Waals surface area contributed by atoms with E-state index in [0.29, 0.717) is 11.3 Å². The molecule has 3 rings (SSSR count). The van der Waals surface area contributed by atoms with Crippen LogP contribution < -0.4 is 5.32 Å². The van der Waals surface area contributed by atoms with E-state index < -0.39 is 0 Å². The van der Waals surface area contributed by atoms with E-state index in [0.717, 1.165) is 16.6 Å². The normalized spacial score (nSPS) is 10.4. The number of fused-ring (bicyclic) bond motifs is 1. The van der Waals surface area contributed by atoms with E-state index in [4.69, 9.17) is 0 Å². The highest BCUT2D eigenvalue weighted by molar-refractivity contribution is 6.12. The third-order valence-electron chi connectivity index (χ3n) is 3.01. The summed E-state index contributed by atoms with van der Waals surface area (Å²) in [6, 6.07) is 13.0. The van der Waals surface area contributed by atoms with Crippen molar-refractivity contribution in [2.24, 2.45) is 0 Å². The van der Waals surface area contributed by atoms with Crippen LogP contribution in [-0.4, -0.2) is 15.9 Å². The van der Waals surface area contributed by atoms with Gasteiger partial charge in [-0.2, -0.15) is 0 Å². The number of aromatic nitrogens is 2. The van der Waals surface area contributed by atoms with Gasteiger partial charge in [0.15, 0.2) is 0 Å². The highest BCUT2D eigenvalue weighted by Crippen LogP contribution is 2.19. The Morgan fingerprint density at radius 2 is 2.00 bits per heavy atom. The number of hydrogen-bond donors (Lipinski definition) is 1.